The van der Waals surface area contributed by atoms with E-state index >= 15 is 0 Å². The summed E-state index contributed by atoms with van der Waals surface area (Å²) in [7, 11) is 1.30. The number of nitrogens with zero attached hydrogens (tertiary/aromatic N) is 4. The fraction of sp³-hybridized carbons (Fsp3) is 0.471. The second-order valence-corrected chi connectivity index (χ2v) is 6.38. The van der Waals surface area contributed by atoms with E-state index in [0.29, 0.717) is 23.0 Å². The highest BCUT2D eigenvalue weighted by atomic mass is 16.5. The zero-order chi connectivity index (χ0) is 18.8. The Morgan fingerprint density at radius 3 is 2.73 bits per heavy atom. The zero-order valence-corrected chi connectivity index (χ0v) is 14.8. The average molecular weight is 359 g/mol. The molecule has 2 heterocycles. The Kier molecular flexibility index (Phi) is 4.88. The molecule has 1 amide bonds. The van der Waals surface area contributed by atoms with Gasteiger partial charge in [0.15, 0.2) is 0 Å². The molecule has 0 spiro atoms. The van der Waals surface area contributed by atoms with E-state index in [4.69, 9.17) is 0 Å². The molecular formula is C17H21N5O4. The smallest absolute Gasteiger partial charge is 0.305 e. The summed E-state index contributed by atoms with van der Waals surface area (Å²) in [5.41, 5.74) is 1.32. The van der Waals surface area contributed by atoms with Crippen LogP contribution in [0.3, 0.4) is 0 Å². The predicted molar refractivity (Wildman–Crippen MR) is 92.5 cm³/mol. The quantitative estimate of drug-likeness (QED) is 0.728. The summed E-state index contributed by atoms with van der Waals surface area (Å²) >= 11 is 0. The third kappa shape index (κ3) is 3.81. The molecule has 0 saturated heterocycles. The Balaban J connectivity index is 1.71. The van der Waals surface area contributed by atoms with Gasteiger partial charge >= 0.3 is 5.97 Å². The number of fused-ring (bicyclic) bond motifs is 1. The van der Waals surface area contributed by atoms with Crippen LogP contribution in [0, 0.1) is 6.92 Å². The molecule has 2 aromatic heterocycles. The van der Waals surface area contributed by atoms with Crippen molar-refractivity contribution in [2.75, 3.05) is 7.11 Å². The van der Waals surface area contributed by atoms with Crippen LogP contribution in [0.4, 0.5) is 0 Å². The molecule has 0 aromatic carbocycles. The molecule has 1 fully saturated rings. The molecule has 0 radical (unpaired) electrons. The maximum Gasteiger partial charge on any atom is 0.305 e. The van der Waals surface area contributed by atoms with E-state index in [1.54, 1.807) is 13.0 Å². The van der Waals surface area contributed by atoms with Gasteiger partial charge in [-0.3, -0.25) is 14.4 Å². The largest absolute Gasteiger partial charge is 0.469 e. The Labute approximate surface area is 149 Å². The van der Waals surface area contributed by atoms with Crippen molar-refractivity contribution in [2.45, 2.75) is 45.1 Å². The standard InChI is InChI=1S/C17H21N5O4/c1-10(4-7-16(24)26-3)18-15(23)9-21-17(25)14-8-13(12-5-6-12)20-22(14)11(2)19-21/h8,12H,1,4-7,9H2,2-3H3,(H,18,23). The molecule has 1 saturated carbocycles. The summed E-state index contributed by atoms with van der Waals surface area (Å²) in [5, 5.41) is 11.2. The number of rotatable bonds is 7. The Morgan fingerprint density at radius 2 is 2.08 bits per heavy atom. The molecule has 26 heavy (non-hydrogen) atoms. The Bertz CT molecular complexity index is 939. The SMILES string of the molecule is C=C(CCC(=O)OC)NC(=O)Cn1nc(C)n2nc(C3CC3)cc2c1=O. The van der Waals surface area contributed by atoms with Gasteiger partial charge in [-0.25, -0.2) is 9.20 Å². The van der Waals surface area contributed by atoms with E-state index in [1.165, 1.54) is 11.6 Å². The molecule has 1 aliphatic carbocycles. The van der Waals surface area contributed by atoms with Gasteiger partial charge in [0.25, 0.3) is 5.56 Å². The van der Waals surface area contributed by atoms with Crippen molar-refractivity contribution in [3.63, 3.8) is 0 Å². The van der Waals surface area contributed by atoms with E-state index in [0.717, 1.165) is 23.2 Å². The molecule has 2 aromatic rings. The number of hydrogen-bond acceptors (Lipinski definition) is 6. The van der Waals surface area contributed by atoms with Crippen LogP contribution in [0.2, 0.25) is 0 Å². The van der Waals surface area contributed by atoms with E-state index in [2.05, 4.69) is 26.8 Å². The van der Waals surface area contributed by atoms with Crippen LogP contribution in [0.25, 0.3) is 5.52 Å². The predicted octanol–water partition coefficient (Wildman–Crippen LogP) is 0.660. The maximum atomic E-state index is 12.6. The topological polar surface area (TPSA) is 108 Å². The minimum absolute atomic E-state index is 0.124. The van der Waals surface area contributed by atoms with Crippen LogP contribution < -0.4 is 10.9 Å². The lowest BCUT2D eigenvalue weighted by atomic mass is 10.2. The van der Waals surface area contributed by atoms with Crippen molar-refractivity contribution in [1.29, 1.82) is 0 Å². The molecule has 138 valence electrons. The minimum atomic E-state index is -0.430. The minimum Gasteiger partial charge on any atom is -0.469 e. The van der Waals surface area contributed by atoms with Crippen LogP contribution in [0.15, 0.2) is 23.1 Å². The third-order valence-corrected chi connectivity index (χ3v) is 4.22. The van der Waals surface area contributed by atoms with Gasteiger partial charge in [-0.2, -0.15) is 10.2 Å². The molecule has 1 aliphatic rings. The number of allylic oxidation sites excluding steroid dienone is 1. The zero-order valence-electron chi connectivity index (χ0n) is 14.8. The normalized spacial score (nSPS) is 13.6. The fourth-order valence-corrected chi connectivity index (χ4v) is 2.67. The Hall–Kier alpha value is -2.97. The first-order chi connectivity index (χ1) is 12.4. The van der Waals surface area contributed by atoms with Crippen molar-refractivity contribution in [3.05, 3.63) is 40.2 Å². The highest BCUT2D eigenvalue weighted by molar-refractivity contribution is 5.77. The fourth-order valence-electron chi connectivity index (χ4n) is 2.67. The second-order valence-electron chi connectivity index (χ2n) is 6.38. The third-order valence-electron chi connectivity index (χ3n) is 4.22. The van der Waals surface area contributed by atoms with Gasteiger partial charge in [-0.05, 0) is 32.3 Å². The lowest BCUT2D eigenvalue weighted by Gasteiger charge is -2.09. The number of ether oxygens (including phenoxy) is 1. The first kappa shape index (κ1) is 17.8. The first-order valence-electron chi connectivity index (χ1n) is 8.41. The van der Waals surface area contributed by atoms with Crippen molar-refractivity contribution in [3.8, 4) is 0 Å². The lowest BCUT2D eigenvalue weighted by Crippen LogP contribution is -2.34. The van der Waals surface area contributed by atoms with Gasteiger partial charge in [-0.15, -0.1) is 0 Å². The van der Waals surface area contributed by atoms with E-state index < -0.39 is 5.91 Å². The van der Waals surface area contributed by atoms with E-state index in [9.17, 15) is 14.4 Å². The highest BCUT2D eigenvalue weighted by Gasteiger charge is 2.27. The summed E-state index contributed by atoms with van der Waals surface area (Å²) < 4.78 is 7.18. The van der Waals surface area contributed by atoms with Crippen LogP contribution in [-0.4, -0.2) is 38.4 Å². The van der Waals surface area contributed by atoms with Gasteiger partial charge in [-0.1, -0.05) is 6.58 Å². The monoisotopic (exact) mass is 359 g/mol. The number of nitrogens with one attached hydrogen (secondary N) is 1. The van der Waals surface area contributed by atoms with Crippen LogP contribution in [-0.2, 0) is 20.9 Å². The van der Waals surface area contributed by atoms with Gasteiger partial charge in [0.05, 0.1) is 19.2 Å². The van der Waals surface area contributed by atoms with Crippen molar-refractivity contribution in [2.24, 2.45) is 0 Å². The van der Waals surface area contributed by atoms with Crippen LogP contribution in [0.1, 0.15) is 43.1 Å². The van der Waals surface area contributed by atoms with Crippen LogP contribution >= 0.6 is 0 Å². The van der Waals surface area contributed by atoms with Gasteiger partial charge in [0.2, 0.25) is 5.91 Å². The number of methoxy groups -OCH3 is 1. The number of aryl methyl sites for hydroxylation is 1. The summed E-state index contributed by atoms with van der Waals surface area (Å²) in [6.45, 7) is 5.20. The summed E-state index contributed by atoms with van der Waals surface area (Å²) in [6.07, 6.45) is 2.56. The maximum absolute atomic E-state index is 12.6. The summed E-state index contributed by atoms with van der Waals surface area (Å²) in [6, 6.07) is 1.78. The van der Waals surface area contributed by atoms with Gasteiger partial charge in [0.1, 0.15) is 17.9 Å². The number of carbonyl (C=O) groups is 2. The molecule has 9 heteroatoms. The van der Waals surface area contributed by atoms with Gasteiger partial charge in [0, 0.05) is 11.6 Å². The van der Waals surface area contributed by atoms with Gasteiger partial charge < -0.3 is 10.1 Å². The molecule has 0 atom stereocenters. The number of amides is 1. The summed E-state index contributed by atoms with van der Waals surface area (Å²) in [5.74, 6) is 0.138. The number of hydrogen-bond donors (Lipinski definition) is 1. The molecule has 1 N–H and O–H groups in total. The van der Waals surface area contributed by atoms with Crippen molar-refractivity contribution < 1.29 is 14.3 Å². The number of carbonyl (C=O) groups excluding carboxylic acids is 2. The first-order valence-corrected chi connectivity index (χ1v) is 8.41. The molecule has 3 rings (SSSR count). The van der Waals surface area contributed by atoms with E-state index in [-0.39, 0.29) is 30.9 Å². The average Bonchev–Trinajstić information content (AvgIpc) is 3.35. The number of aromatic nitrogens is 4. The molecule has 0 aliphatic heterocycles. The summed E-state index contributed by atoms with van der Waals surface area (Å²) in [4.78, 5) is 35.9. The van der Waals surface area contributed by atoms with Crippen LogP contribution in [0.5, 0.6) is 0 Å². The molecule has 0 bridgehead atoms. The lowest BCUT2D eigenvalue weighted by molar-refractivity contribution is -0.140. The van der Waals surface area contributed by atoms with Crippen molar-refractivity contribution >= 4 is 17.4 Å². The van der Waals surface area contributed by atoms with Crippen molar-refractivity contribution in [1.82, 2.24) is 24.7 Å². The molecule has 0 unspecified atom stereocenters. The second kappa shape index (κ2) is 7.11. The molecule has 9 nitrogen and oxygen atoms in total. The highest BCUT2D eigenvalue weighted by Crippen LogP contribution is 2.39. The number of esters is 1. The Morgan fingerprint density at radius 1 is 1.35 bits per heavy atom. The van der Waals surface area contributed by atoms with E-state index in [1.807, 2.05) is 0 Å². The molecular weight excluding hydrogens is 338 g/mol.